The van der Waals surface area contributed by atoms with Gasteiger partial charge < -0.3 is 4.74 Å². The fourth-order valence-electron chi connectivity index (χ4n) is 1.63. The fourth-order valence-corrected chi connectivity index (χ4v) is 2.14. The zero-order valence-electron chi connectivity index (χ0n) is 9.31. The molecule has 2 rings (SSSR count). The first kappa shape index (κ1) is 11.9. The maximum Gasteiger partial charge on any atom is 0.337 e. The Bertz CT molecular complexity index is 549. The van der Waals surface area contributed by atoms with E-state index in [1.807, 2.05) is 42.5 Å². The summed E-state index contributed by atoms with van der Waals surface area (Å²) in [6, 6.07) is 15.3. The van der Waals surface area contributed by atoms with Crippen LogP contribution in [-0.2, 0) is 4.74 Å². The largest absolute Gasteiger partial charge is 0.465 e. The maximum absolute atomic E-state index is 11.4. The van der Waals surface area contributed by atoms with Crippen LogP contribution in [0, 0.1) is 0 Å². The van der Waals surface area contributed by atoms with Gasteiger partial charge in [0.2, 0.25) is 0 Å². The Morgan fingerprint density at radius 1 is 1.12 bits per heavy atom. The molecule has 86 valence electrons. The maximum atomic E-state index is 11.4. The third-order valence-electron chi connectivity index (χ3n) is 2.47. The molecule has 0 aliphatic heterocycles. The molecule has 0 bridgehead atoms. The van der Waals surface area contributed by atoms with E-state index in [-0.39, 0.29) is 5.97 Å². The number of carbonyl (C=O) groups is 1. The molecule has 3 heteroatoms. The third kappa shape index (κ3) is 2.56. The summed E-state index contributed by atoms with van der Waals surface area (Å²) < 4.78 is 5.71. The monoisotopic (exact) mass is 290 g/mol. The Labute approximate surface area is 108 Å². The van der Waals surface area contributed by atoms with Crippen molar-refractivity contribution < 1.29 is 9.53 Å². The van der Waals surface area contributed by atoms with Crippen molar-refractivity contribution >= 4 is 21.9 Å². The summed E-state index contributed by atoms with van der Waals surface area (Å²) in [7, 11) is 1.38. The zero-order chi connectivity index (χ0) is 12.3. The molecule has 0 radical (unpaired) electrons. The van der Waals surface area contributed by atoms with Crippen molar-refractivity contribution in [1.29, 1.82) is 0 Å². The first-order chi connectivity index (χ1) is 8.22. The Balaban J connectivity index is 2.47. The molecule has 0 aliphatic carbocycles. The lowest BCUT2D eigenvalue weighted by atomic mass is 10.0. The van der Waals surface area contributed by atoms with Crippen LogP contribution in [0.4, 0.5) is 0 Å². The first-order valence-electron chi connectivity index (χ1n) is 5.15. The summed E-state index contributed by atoms with van der Waals surface area (Å²) in [4.78, 5) is 11.4. The van der Waals surface area contributed by atoms with Gasteiger partial charge in [-0.3, -0.25) is 0 Å². The molecule has 17 heavy (non-hydrogen) atoms. The highest BCUT2D eigenvalue weighted by Gasteiger charge is 2.07. The molecule has 0 atom stereocenters. The highest BCUT2D eigenvalue weighted by atomic mass is 79.9. The number of hydrogen-bond donors (Lipinski definition) is 0. The van der Waals surface area contributed by atoms with Crippen LogP contribution in [-0.4, -0.2) is 13.1 Å². The molecule has 2 aromatic carbocycles. The molecule has 0 fully saturated rings. The molecule has 0 saturated carbocycles. The van der Waals surface area contributed by atoms with Crippen LogP contribution in [0.5, 0.6) is 0 Å². The van der Waals surface area contributed by atoms with E-state index in [0.29, 0.717) is 5.56 Å². The van der Waals surface area contributed by atoms with E-state index in [2.05, 4.69) is 15.9 Å². The predicted molar refractivity (Wildman–Crippen MR) is 70.9 cm³/mol. The standard InChI is InChI=1S/C14H11BrO2/c1-17-14(16)11-6-4-5-10(9-11)12-7-2-3-8-13(12)15/h2-9H,1H3. The third-order valence-corrected chi connectivity index (χ3v) is 3.16. The minimum atomic E-state index is -0.320. The summed E-state index contributed by atoms with van der Waals surface area (Å²) in [6.07, 6.45) is 0. The van der Waals surface area contributed by atoms with Crippen molar-refractivity contribution in [3.63, 3.8) is 0 Å². The van der Waals surface area contributed by atoms with E-state index in [4.69, 9.17) is 4.74 Å². The Kier molecular flexibility index (Phi) is 3.59. The van der Waals surface area contributed by atoms with E-state index in [1.54, 1.807) is 6.07 Å². The molecule has 0 heterocycles. The van der Waals surface area contributed by atoms with E-state index in [9.17, 15) is 4.79 Å². The number of hydrogen-bond acceptors (Lipinski definition) is 2. The highest BCUT2D eigenvalue weighted by Crippen LogP contribution is 2.28. The Morgan fingerprint density at radius 3 is 2.59 bits per heavy atom. The Morgan fingerprint density at radius 2 is 1.88 bits per heavy atom. The molecule has 0 amide bonds. The predicted octanol–water partition coefficient (Wildman–Crippen LogP) is 3.90. The number of benzene rings is 2. The van der Waals surface area contributed by atoms with Gasteiger partial charge in [-0.2, -0.15) is 0 Å². The van der Waals surface area contributed by atoms with E-state index < -0.39 is 0 Å². The molecule has 2 aromatic rings. The van der Waals surface area contributed by atoms with Crippen LogP contribution < -0.4 is 0 Å². The van der Waals surface area contributed by atoms with Gasteiger partial charge in [0.05, 0.1) is 12.7 Å². The molecule has 0 saturated heterocycles. The molecule has 0 spiro atoms. The number of methoxy groups -OCH3 is 1. The number of rotatable bonds is 2. The van der Waals surface area contributed by atoms with Crippen LogP contribution >= 0.6 is 15.9 Å². The van der Waals surface area contributed by atoms with Crippen LogP contribution in [0.1, 0.15) is 10.4 Å². The smallest absolute Gasteiger partial charge is 0.337 e. The quantitative estimate of drug-likeness (QED) is 0.784. The lowest BCUT2D eigenvalue weighted by Gasteiger charge is -2.06. The van der Waals surface area contributed by atoms with Gasteiger partial charge >= 0.3 is 5.97 Å². The lowest BCUT2D eigenvalue weighted by molar-refractivity contribution is 0.0601. The second-order valence-corrected chi connectivity index (χ2v) is 4.41. The van der Waals surface area contributed by atoms with Gasteiger partial charge in [-0.1, -0.05) is 46.3 Å². The van der Waals surface area contributed by atoms with Gasteiger partial charge in [-0.15, -0.1) is 0 Å². The average molecular weight is 291 g/mol. The summed E-state index contributed by atoms with van der Waals surface area (Å²) in [5.74, 6) is -0.320. The summed E-state index contributed by atoms with van der Waals surface area (Å²) in [5, 5.41) is 0. The second kappa shape index (κ2) is 5.15. The fraction of sp³-hybridized carbons (Fsp3) is 0.0714. The van der Waals surface area contributed by atoms with Gasteiger partial charge in [-0.05, 0) is 29.3 Å². The SMILES string of the molecule is COC(=O)c1cccc(-c2ccccc2Br)c1. The number of carbonyl (C=O) groups excluding carboxylic acids is 1. The van der Waals surface area contributed by atoms with Gasteiger partial charge in [0.25, 0.3) is 0 Å². The zero-order valence-corrected chi connectivity index (χ0v) is 10.9. The van der Waals surface area contributed by atoms with Gasteiger partial charge in [0, 0.05) is 4.47 Å². The minimum Gasteiger partial charge on any atom is -0.465 e. The molecular weight excluding hydrogens is 280 g/mol. The molecule has 0 aromatic heterocycles. The second-order valence-electron chi connectivity index (χ2n) is 3.55. The highest BCUT2D eigenvalue weighted by molar-refractivity contribution is 9.10. The van der Waals surface area contributed by atoms with Gasteiger partial charge in [0.15, 0.2) is 0 Å². The summed E-state index contributed by atoms with van der Waals surface area (Å²) in [6.45, 7) is 0. The summed E-state index contributed by atoms with van der Waals surface area (Å²) >= 11 is 3.50. The molecular formula is C14H11BrO2. The van der Waals surface area contributed by atoms with Crippen molar-refractivity contribution in [2.45, 2.75) is 0 Å². The van der Waals surface area contributed by atoms with Crippen LogP contribution in [0.2, 0.25) is 0 Å². The van der Waals surface area contributed by atoms with Gasteiger partial charge in [-0.25, -0.2) is 4.79 Å². The molecule has 0 aliphatic rings. The van der Waals surface area contributed by atoms with Crippen molar-refractivity contribution in [3.8, 4) is 11.1 Å². The van der Waals surface area contributed by atoms with E-state index in [1.165, 1.54) is 7.11 Å². The lowest BCUT2D eigenvalue weighted by Crippen LogP contribution is -2.00. The van der Waals surface area contributed by atoms with Crippen molar-refractivity contribution in [2.75, 3.05) is 7.11 Å². The minimum absolute atomic E-state index is 0.320. The van der Waals surface area contributed by atoms with Gasteiger partial charge in [0.1, 0.15) is 0 Å². The van der Waals surface area contributed by atoms with Crippen molar-refractivity contribution in [1.82, 2.24) is 0 Å². The first-order valence-corrected chi connectivity index (χ1v) is 5.95. The molecule has 2 nitrogen and oxygen atoms in total. The Hall–Kier alpha value is -1.61. The van der Waals surface area contributed by atoms with E-state index >= 15 is 0 Å². The number of ether oxygens (including phenoxy) is 1. The van der Waals surface area contributed by atoms with E-state index in [0.717, 1.165) is 15.6 Å². The average Bonchev–Trinajstić information content (AvgIpc) is 2.38. The summed E-state index contributed by atoms with van der Waals surface area (Å²) in [5.41, 5.74) is 2.60. The molecule has 0 N–H and O–H groups in total. The normalized spacial score (nSPS) is 10.0. The van der Waals surface area contributed by atoms with Crippen LogP contribution in [0.3, 0.4) is 0 Å². The van der Waals surface area contributed by atoms with Crippen LogP contribution in [0.15, 0.2) is 53.0 Å². The number of esters is 1. The molecule has 0 unspecified atom stereocenters. The topological polar surface area (TPSA) is 26.3 Å². The van der Waals surface area contributed by atoms with Crippen molar-refractivity contribution in [2.24, 2.45) is 0 Å². The number of halogens is 1. The van der Waals surface area contributed by atoms with Crippen molar-refractivity contribution in [3.05, 3.63) is 58.6 Å². The van der Waals surface area contributed by atoms with Crippen LogP contribution in [0.25, 0.3) is 11.1 Å².